The Morgan fingerprint density at radius 3 is 1.33 bits per heavy atom. The Bertz CT molecular complexity index is 2180. The smallest absolute Gasteiger partial charge is 0.343 e. The molecule has 2 aromatic carbocycles. The molecule has 2 unspecified atom stereocenters. The maximum absolute atomic E-state index is 13.0. The van der Waals surface area contributed by atoms with Gasteiger partial charge in [0.1, 0.15) is 23.0 Å². The minimum absolute atomic E-state index is 0.0864. The van der Waals surface area contributed by atoms with Crippen molar-refractivity contribution in [2.75, 3.05) is 67.1 Å². The largest absolute Gasteiger partial charge is 0.507 e. The minimum Gasteiger partial charge on any atom is -0.507 e. The third kappa shape index (κ3) is 12.7. The summed E-state index contributed by atoms with van der Waals surface area (Å²) in [6.45, 7) is 4.49. The topological polar surface area (TPSA) is 147 Å². The van der Waals surface area contributed by atoms with Crippen LogP contribution in [0.25, 0.3) is 0 Å². The predicted molar refractivity (Wildman–Crippen MR) is 242 cm³/mol. The highest BCUT2D eigenvalue weighted by Gasteiger charge is 2.31. The van der Waals surface area contributed by atoms with Gasteiger partial charge < -0.3 is 42.7 Å². The van der Waals surface area contributed by atoms with Gasteiger partial charge in [-0.15, -0.1) is 0 Å². The zero-order valence-electron chi connectivity index (χ0n) is 37.5. The lowest BCUT2D eigenvalue weighted by Gasteiger charge is -2.18. The summed E-state index contributed by atoms with van der Waals surface area (Å²) >= 11 is 0. The highest BCUT2D eigenvalue weighted by Crippen LogP contribution is 2.45. The quantitative estimate of drug-likeness (QED) is 0.0610. The summed E-state index contributed by atoms with van der Waals surface area (Å²) in [4.78, 5) is 25.9. The van der Waals surface area contributed by atoms with Crippen LogP contribution in [0, 0.1) is 0 Å². The summed E-state index contributed by atoms with van der Waals surface area (Å²) in [5, 5.41) is 22.3. The zero-order chi connectivity index (χ0) is 44.0. The van der Waals surface area contributed by atoms with Gasteiger partial charge in [0.15, 0.2) is 0 Å². The molecule has 0 bridgehead atoms. The third-order valence-corrected chi connectivity index (χ3v) is 13.2. The molecule has 4 aliphatic rings. The first-order valence-corrected chi connectivity index (χ1v) is 23.5. The Morgan fingerprint density at radius 2 is 0.921 bits per heavy atom. The lowest BCUT2D eigenvalue weighted by molar-refractivity contribution is 0.0228. The minimum atomic E-state index is -0.406. The molecule has 342 valence electrons. The van der Waals surface area contributed by atoms with Crippen molar-refractivity contribution in [3.05, 3.63) is 125 Å². The van der Waals surface area contributed by atoms with Crippen molar-refractivity contribution in [1.82, 2.24) is 0 Å². The second-order valence-corrected chi connectivity index (χ2v) is 17.7. The predicted octanol–water partition coefficient (Wildman–Crippen LogP) is 9.37. The maximum Gasteiger partial charge on any atom is 0.343 e. The normalized spacial score (nSPS) is 18.4. The summed E-state index contributed by atoms with van der Waals surface area (Å²) < 4.78 is 38.5. The Kier molecular flexibility index (Phi) is 17.5. The molecule has 0 spiro atoms. The molecule has 11 heteroatoms. The Hall–Kier alpha value is -4.26. The van der Waals surface area contributed by atoms with Crippen LogP contribution in [0.3, 0.4) is 0 Å². The first-order valence-electron chi connectivity index (χ1n) is 23.5. The van der Waals surface area contributed by atoms with Crippen LogP contribution in [0.4, 0.5) is 0 Å². The van der Waals surface area contributed by atoms with Gasteiger partial charge in [0.2, 0.25) is 0 Å². The fourth-order valence-electron chi connectivity index (χ4n) is 9.41. The monoisotopic (exact) mass is 868 g/mol. The van der Waals surface area contributed by atoms with E-state index < -0.39 is 11.3 Å². The van der Waals surface area contributed by atoms with Gasteiger partial charge in [0.05, 0.1) is 50.8 Å². The summed E-state index contributed by atoms with van der Waals surface area (Å²) in [6.07, 6.45) is 14.7. The zero-order valence-corrected chi connectivity index (χ0v) is 37.5. The number of hydrogen-bond acceptors (Lipinski definition) is 11. The van der Waals surface area contributed by atoms with Gasteiger partial charge in [-0.2, -0.15) is 0 Å². The van der Waals surface area contributed by atoms with Gasteiger partial charge in [-0.1, -0.05) is 61.4 Å². The van der Waals surface area contributed by atoms with E-state index in [1.165, 1.54) is 36.8 Å². The molecule has 0 amide bonds. The third-order valence-electron chi connectivity index (χ3n) is 13.2. The number of rotatable bonds is 21. The summed E-state index contributed by atoms with van der Waals surface area (Å²) in [7, 11) is 3.31. The van der Waals surface area contributed by atoms with Crippen molar-refractivity contribution in [2.45, 2.75) is 126 Å². The molecule has 2 heterocycles. The highest BCUT2D eigenvalue weighted by molar-refractivity contribution is 5.47. The van der Waals surface area contributed by atoms with Gasteiger partial charge in [-0.05, 0) is 111 Å². The van der Waals surface area contributed by atoms with Crippen molar-refractivity contribution < 1.29 is 42.7 Å². The van der Waals surface area contributed by atoms with Crippen LogP contribution >= 0.6 is 0 Å². The van der Waals surface area contributed by atoms with Crippen molar-refractivity contribution in [3.63, 3.8) is 0 Å². The molecule has 0 aliphatic heterocycles. The SMILES string of the molecule is COCCOCCC1CCCCc2c1oc(=O)c(Cc1ccccc1C1CC1)c2O.COCCOCCOCCC1CCCCc2c1oc(=O)c(Cc1ccccc1C1CC1)c2O. The lowest BCUT2D eigenvalue weighted by atomic mass is 9.93. The second kappa shape index (κ2) is 23.6. The number of fused-ring (bicyclic) bond motifs is 2. The van der Waals surface area contributed by atoms with Gasteiger partial charge >= 0.3 is 11.3 Å². The van der Waals surface area contributed by atoms with Crippen LogP contribution in [-0.2, 0) is 49.4 Å². The number of ether oxygens (including phenoxy) is 5. The van der Waals surface area contributed by atoms with E-state index in [0.717, 1.165) is 86.5 Å². The summed E-state index contributed by atoms with van der Waals surface area (Å²) in [6, 6.07) is 16.5. The molecule has 8 rings (SSSR count). The van der Waals surface area contributed by atoms with Crippen LogP contribution in [-0.4, -0.2) is 77.3 Å². The number of methoxy groups -OCH3 is 2. The molecular weight excluding hydrogens is 801 g/mol. The molecule has 2 saturated carbocycles. The van der Waals surface area contributed by atoms with Crippen LogP contribution in [0.15, 0.2) is 67.0 Å². The molecule has 0 radical (unpaired) electrons. The summed E-state index contributed by atoms with van der Waals surface area (Å²) in [5.41, 5.74) is 6.48. The molecule has 2 fully saturated rings. The molecule has 2 N–H and O–H groups in total. The van der Waals surface area contributed by atoms with Crippen LogP contribution in [0.5, 0.6) is 11.5 Å². The molecule has 0 saturated heterocycles. The van der Waals surface area contributed by atoms with Crippen molar-refractivity contribution in [3.8, 4) is 11.5 Å². The lowest BCUT2D eigenvalue weighted by Crippen LogP contribution is -2.16. The van der Waals surface area contributed by atoms with Crippen molar-refractivity contribution >= 4 is 0 Å². The average molecular weight is 869 g/mol. The number of aromatic hydroxyl groups is 2. The average Bonchev–Trinajstić information content (AvgIpc) is 4.20. The summed E-state index contributed by atoms with van der Waals surface area (Å²) in [5.74, 6) is 3.01. The van der Waals surface area contributed by atoms with E-state index in [1.807, 2.05) is 12.1 Å². The van der Waals surface area contributed by atoms with Gasteiger partial charge in [-0.3, -0.25) is 0 Å². The Morgan fingerprint density at radius 1 is 0.524 bits per heavy atom. The Balaban J connectivity index is 0.000000190. The van der Waals surface area contributed by atoms with Crippen LogP contribution in [0.2, 0.25) is 0 Å². The molecular formula is C52H68O11. The molecule has 2 atom stereocenters. The van der Waals surface area contributed by atoms with Crippen LogP contribution in [0.1, 0.15) is 157 Å². The standard InChI is InChI=1S/C27H36O6.C25H32O5/c1-30-14-15-32-17-16-31-13-12-20-6-2-5-9-23-25(28)24(27(29)33-26(20)23)18-21-7-3-4-8-22(21)19-10-11-19;1-28-14-15-29-13-12-18-6-2-5-9-21-23(26)22(25(27)30-24(18)21)16-19-7-3-4-8-20(19)17-10-11-17/h3-4,7-8,19-20,28H,2,5-6,9-18H2,1H3;3-4,7-8,17-18,26H,2,5-6,9-16H2,1H3. The van der Waals surface area contributed by atoms with E-state index in [4.69, 9.17) is 32.5 Å². The number of hydrogen-bond donors (Lipinski definition) is 2. The first-order chi connectivity index (χ1) is 30.9. The highest BCUT2D eigenvalue weighted by atomic mass is 16.5. The fraction of sp³-hybridized carbons (Fsp3) is 0.577. The van der Waals surface area contributed by atoms with Crippen molar-refractivity contribution in [2.24, 2.45) is 0 Å². The molecule has 2 aromatic heterocycles. The molecule has 4 aromatic rings. The fourth-order valence-corrected chi connectivity index (χ4v) is 9.41. The van der Waals surface area contributed by atoms with Crippen molar-refractivity contribution in [1.29, 1.82) is 0 Å². The van der Waals surface area contributed by atoms with Crippen LogP contribution < -0.4 is 11.3 Å². The Labute approximate surface area is 372 Å². The number of benzene rings is 2. The second-order valence-electron chi connectivity index (χ2n) is 17.7. The molecule has 63 heavy (non-hydrogen) atoms. The molecule has 11 nitrogen and oxygen atoms in total. The van der Waals surface area contributed by atoms with E-state index in [2.05, 4.69) is 36.4 Å². The van der Waals surface area contributed by atoms with E-state index >= 15 is 0 Å². The maximum atomic E-state index is 13.0. The first kappa shape index (κ1) is 46.7. The van der Waals surface area contributed by atoms with Gasteiger partial charge in [0.25, 0.3) is 0 Å². The van der Waals surface area contributed by atoms with E-state index in [1.54, 1.807) is 14.2 Å². The van der Waals surface area contributed by atoms with E-state index in [0.29, 0.717) is 100 Å². The van der Waals surface area contributed by atoms with Gasteiger partial charge in [-0.25, -0.2) is 9.59 Å². The van der Waals surface area contributed by atoms with E-state index in [9.17, 15) is 19.8 Å². The molecule has 4 aliphatic carbocycles. The van der Waals surface area contributed by atoms with Gasteiger partial charge in [0, 0.05) is 63.2 Å². The van der Waals surface area contributed by atoms with E-state index in [-0.39, 0.29) is 23.3 Å².